The molecule has 5 nitrogen and oxygen atoms in total. The Hall–Kier alpha value is -1.82. The third-order valence-corrected chi connectivity index (χ3v) is 4.22. The van der Waals surface area contributed by atoms with Gasteiger partial charge in [-0.1, -0.05) is 11.8 Å². The number of nitrogens with zero attached hydrogens (tertiary/aromatic N) is 1. The Labute approximate surface area is 140 Å². The molecule has 1 aromatic rings. The summed E-state index contributed by atoms with van der Waals surface area (Å²) in [5.41, 5.74) is 0.636. The highest BCUT2D eigenvalue weighted by atomic mass is 32.2. The first-order chi connectivity index (χ1) is 10.7. The molecule has 0 bridgehead atoms. The number of benzene rings is 1. The molecule has 0 spiro atoms. The van der Waals surface area contributed by atoms with E-state index in [9.17, 15) is 14.4 Å². The fourth-order valence-corrected chi connectivity index (χ4v) is 3.27. The maximum Gasteiger partial charge on any atom is 0.338 e. The van der Waals surface area contributed by atoms with Gasteiger partial charge in [0.05, 0.1) is 5.56 Å². The molecule has 23 heavy (non-hydrogen) atoms. The molecule has 124 valence electrons. The molecule has 1 heterocycles. The Balaban J connectivity index is 2.06. The van der Waals surface area contributed by atoms with Gasteiger partial charge in [-0.3, -0.25) is 9.59 Å². The van der Waals surface area contributed by atoms with Gasteiger partial charge >= 0.3 is 5.97 Å². The lowest BCUT2D eigenvalue weighted by Gasteiger charge is -2.20. The molecule has 6 heteroatoms. The first-order valence-electron chi connectivity index (χ1n) is 7.47. The van der Waals surface area contributed by atoms with Gasteiger partial charge in [-0.25, -0.2) is 4.79 Å². The molecule has 1 unspecified atom stereocenters. The van der Waals surface area contributed by atoms with Crippen LogP contribution in [0.1, 0.15) is 44.5 Å². The van der Waals surface area contributed by atoms with Gasteiger partial charge in [-0.2, -0.15) is 0 Å². The van der Waals surface area contributed by atoms with E-state index >= 15 is 0 Å². The summed E-state index contributed by atoms with van der Waals surface area (Å²) in [6, 6.07) is 6.78. The highest BCUT2D eigenvalue weighted by molar-refractivity contribution is 8.14. The van der Waals surface area contributed by atoms with Crippen LogP contribution in [-0.4, -0.2) is 34.4 Å². The molecule has 0 N–H and O–H groups in total. The molecular weight excluding hydrogens is 314 g/mol. The van der Waals surface area contributed by atoms with E-state index in [-0.39, 0.29) is 22.2 Å². The maximum atomic E-state index is 12.1. The van der Waals surface area contributed by atoms with Crippen LogP contribution in [0.3, 0.4) is 0 Å². The highest BCUT2D eigenvalue weighted by Gasteiger charge is 2.32. The van der Waals surface area contributed by atoms with E-state index < -0.39 is 5.60 Å². The smallest absolute Gasteiger partial charge is 0.338 e. The molecule has 1 amide bonds. The van der Waals surface area contributed by atoms with Crippen LogP contribution in [0.15, 0.2) is 24.3 Å². The van der Waals surface area contributed by atoms with Crippen molar-refractivity contribution in [3.8, 4) is 0 Å². The molecule has 1 atom stereocenters. The molecule has 0 saturated carbocycles. The van der Waals surface area contributed by atoms with E-state index in [2.05, 4.69) is 0 Å². The van der Waals surface area contributed by atoms with Crippen molar-refractivity contribution in [2.45, 2.75) is 45.0 Å². The van der Waals surface area contributed by atoms with Gasteiger partial charge in [-0.05, 0) is 45.0 Å². The molecule has 1 aliphatic heterocycles. The molecule has 1 fully saturated rings. The summed E-state index contributed by atoms with van der Waals surface area (Å²) in [4.78, 5) is 36.9. The van der Waals surface area contributed by atoms with Crippen molar-refractivity contribution in [2.75, 3.05) is 11.4 Å². The standard InChI is InChI=1S/C17H21NO4S/c1-11(19)23-14-9-15(20)18(10-14)13-7-5-12(6-8-13)16(21)22-17(2,3)4/h5-8,14H,9-10H2,1-4H3. The molecular formula is C17H21NO4S. The summed E-state index contributed by atoms with van der Waals surface area (Å²) in [5, 5.41) is 0.00968. The second kappa shape index (κ2) is 6.74. The van der Waals surface area contributed by atoms with Crippen LogP contribution in [0.2, 0.25) is 0 Å². The Morgan fingerprint density at radius 1 is 1.22 bits per heavy atom. The third kappa shape index (κ3) is 4.82. The SMILES string of the molecule is CC(=O)SC1CC(=O)N(c2ccc(C(=O)OC(C)(C)C)cc2)C1. The van der Waals surface area contributed by atoms with Crippen LogP contribution in [0, 0.1) is 0 Å². The van der Waals surface area contributed by atoms with Gasteiger partial charge in [0, 0.05) is 30.8 Å². The van der Waals surface area contributed by atoms with Crippen LogP contribution in [0.4, 0.5) is 5.69 Å². The van der Waals surface area contributed by atoms with Crippen molar-refractivity contribution in [3.05, 3.63) is 29.8 Å². The van der Waals surface area contributed by atoms with E-state index in [0.717, 1.165) is 5.69 Å². The van der Waals surface area contributed by atoms with Gasteiger partial charge in [0.2, 0.25) is 5.91 Å². The lowest BCUT2D eigenvalue weighted by molar-refractivity contribution is -0.117. The number of hydrogen-bond acceptors (Lipinski definition) is 5. The fraction of sp³-hybridized carbons (Fsp3) is 0.471. The molecule has 0 aliphatic carbocycles. The number of thioether (sulfide) groups is 1. The van der Waals surface area contributed by atoms with Crippen molar-refractivity contribution in [1.82, 2.24) is 0 Å². The minimum atomic E-state index is -0.544. The summed E-state index contributed by atoms with van der Waals surface area (Å²) >= 11 is 1.20. The van der Waals surface area contributed by atoms with Gasteiger partial charge < -0.3 is 9.64 Å². The molecule has 1 aliphatic rings. The molecule has 0 radical (unpaired) electrons. The number of amides is 1. The van der Waals surface area contributed by atoms with Crippen LogP contribution < -0.4 is 4.90 Å². The summed E-state index contributed by atoms with van der Waals surface area (Å²) < 4.78 is 5.31. The Morgan fingerprint density at radius 2 is 1.83 bits per heavy atom. The van der Waals surface area contributed by atoms with Gasteiger partial charge in [0.25, 0.3) is 0 Å². The number of rotatable bonds is 3. The third-order valence-electron chi connectivity index (χ3n) is 3.24. The number of hydrogen-bond donors (Lipinski definition) is 0. The Bertz CT molecular complexity index is 618. The van der Waals surface area contributed by atoms with Gasteiger partial charge in [0.15, 0.2) is 5.12 Å². The van der Waals surface area contributed by atoms with Crippen LogP contribution >= 0.6 is 11.8 Å². The first kappa shape index (κ1) is 17.5. The van der Waals surface area contributed by atoms with Crippen LogP contribution in [0.5, 0.6) is 0 Å². The predicted molar refractivity (Wildman–Crippen MR) is 90.6 cm³/mol. The van der Waals surface area contributed by atoms with E-state index in [4.69, 9.17) is 4.74 Å². The van der Waals surface area contributed by atoms with Crippen molar-refractivity contribution < 1.29 is 19.1 Å². The monoisotopic (exact) mass is 335 g/mol. The van der Waals surface area contributed by atoms with Crippen LogP contribution in [-0.2, 0) is 14.3 Å². The van der Waals surface area contributed by atoms with Gasteiger partial charge in [0.1, 0.15) is 5.60 Å². The second-order valence-electron chi connectivity index (χ2n) is 6.49. The lowest BCUT2D eigenvalue weighted by atomic mass is 10.1. The number of esters is 1. The molecule has 0 aromatic heterocycles. The Morgan fingerprint density at radius 3 is 2.35 bits per heavy atom. The van der Waals surface area contributed by atoms with E-state index in [1.807, 2.05) is 20.8 Å². The van der Waals surface area contributed by atoms with Crippen molar-refractivity contribution >= 4 is 34.4 Å². The maximum absolute atomic E-state index is 12.1. The fourth-order valence-electron chi connectivity index (χ4n) is 2.35. The van der Waals surface area contributed by atoms with Crippen molar-refractivity contribution in [2.24, 2.45) is 0 Å². The predicted octanol–water partition coefficient (Wildman–Crippen LogP) is 3.03. The first-order valence-corrected chi connectivity index (χ1v) is 8.34. The molecule has 1 aromatic carbocycles. The topological polar surface area (TPSA) is 63.7 Å². The summed E-state index contributed by atoms with van der Waals surface area (Å²) in [7, 11) is 0. The average Bonchev–Trinajstić information content (AvgIpc) is 2.77. The molecule has 2 rings (SSSR count). The highest BCUT2D eigenvalue weighted by Crippen LogP contribution is 2.29. The number of carbonyl (C=O) groups excluding carboxylic acids is 3. The lowest BCUT2D eigenvalue weighted by Crippen LogP contribution is -2.25. The second-order valence-corrected chi connectivity index (χ2v) is 7.97. The molecule has 1 saturated heterocycles. The van der Waals surface area contributed by atoms with Gasteiger partial charge in [-0.15, -0.1) is 0 Å². The normalized spacial score (nSPS) is 18.2. The zero-order valence-corrected chi connectivity index (χ0v) is 14.6. The zero-order chi connectivity index (χ0) is 17.2. The zero-order valence-electron chi connectivity index (χ0n) is 13.8. The minimum absolute atomic E-state index is 0.00577. The average molecular weight is 335 g/mol. The number of ether oxygens (including phenoxy) is 1. The van der Waals surface area contributed by atoms with E-state index in [1.54, 1.807) is 29.2 Å². The number of carbonyl (C=O) groups is 3. The summed E-state index contributed by atoms with van der Waals surface area (Å²) in [5.74, 6) is -0.393. The Kier molecular flexibility index (Phi) is 5.14. The van der Waals surface area contributed by atoms with Crippen LogP contribution in [0.25, 0.3) is 0 Å². The quantitative estimate of drug-likeness (QED) is 0.795. The number of anilines is 1. The van der Waals surface area contributed by atoms with Crippen molar-refractivity contribution in [1.29, 1.82) is 0 Å². The summed E-state index contributed by atoms with van der Waals surface area (Å²) in [6.45, 7) is 7.46. The van der Waals surface area contributed by atoms with Crippen molar-refractivity contribution in [3.63, 3.8) is 0 Å². The largest absolute Gasteiger partial charge is 0.456 e. The van der Waals surface area contributed by atoms with E-state index in [1.165, 1.54) is 18.7 Å². The minimum Gasteiger partial charge on any atom is -0.456 e. The summed E-state index contributed by atoms with van der Waals surface area (Å²) in [6.07, 6.45) is 0.359. The van der Waals surface area contributed by atoms with E-state index in [0.29, 0.717) is 18.5 Å².